The van der Waals surface area contributed by atoms with E-state index in [-0.39, 0.29) is 0 Å². The molecule has 0 spiro atoms. The van der Waals surface area contributed by atoms with Crippen LogP contribution in [0, 0.1) is 0 Å². The number of rotatable bonds is 6. The number of hydrogen-bond acceptors (Lipinski definition) is 4. The van der Waals surface area contributed by atoms with Crippen molar-refractivity contribution in [3.8, 4) is 11.5 Å². The standard InChI is InChI=1S/C15H20O4/c1-15(2)18-13-6-5-11(8-14(13)19-15)4-3-7-16-9-12-10-17-12/h5-6,8,12H,3-4,7,9-10H2,1-2H3. The van der Waals surface area contributed by atoms with Gasteiger partial charge in [-0.05, 0) is 30.5 Å². The molecule has 3 rings (SSSR count). The molecule has 1 unspecified atom stereocenters. The molecule has 4 nitrogen and oxygen atoms in total. The van der Waals surface area contributed by atoms with Crippen molar-refractivity contribution >= 4 is 0 Å². The normalized spacial score (nSPS) is 22.5. The molecule has 1 atom stereocenters. The Balaban J connectivity index is 1.46. The minimum atomic E-state index is -0.547. The van der Waals surface area contributed by atoms with Crippen molar-refractivity contribution < 1.29 is 18.9 Å². The molecule has 0 saturated carbocycles. The van der Waals surface area contributed by atoms with E-state index in [4.69, 9.17) is 18.9 Å². The maximum atomic E-state index is 5.73. The summed E-state index contributed by atoms with van der Waals surface area (Å²) in [6.07, 6.45) is 2.35. The van der Waals surface area contributed by atoms with Gasteiger partial charge in [-0.1, -0.05) is 6.07 Å². The first-order chi connectivity index (χ1) is 9.12. The third kappa shape index (κ3) is 3.39. The summed E-state index contributed by atoms with van der Waals surface area (Å²) in [5, 5.41) is 0. The van der Waals surface area contributed by atoms with Crippen LogP contribution in [0.2, 0.25) is 0 Å². The molecule has 2 heterocycles. The summed E-state index contributed by atoms with van der Waals surface area (Å²) >= 11 is 0. The van der Waals surface area contributed by atoms with Gasteiger partial charge < -0.3 is 18.9 Å². The molecule has 1 aromatic carbocycles. The first-order valence-electron chi connectivity index (χ1n) is 6.83. The van der Waals surface area contributed by atoms with Crippen molar-refractivity contribution in [2.45, 2.75) is 38.6 Å². The fourth-order valence-electron chi connectivity index (χ4n) is 2.18. The summed E-state index contributed by atoms with van der Waals surface area (Å²) in [6, 6.07) is 6.14. The van der Waals surface area contributed by atoms with E-state index >= 15 is 0 Å². The smallest absolute Gasteiger partial charge is 0.246 e. The zero-order valence-electron chi connectivity index (χ0n) is 11.5. The fraction of sp³-hybridized carbons (Fsp3) is 0.600. The van der Waals surface area contributed by atoms with Crippen LogP contribution in [0.1, 0.15) is 25.8 Å². The molecule has 0 aromatic heterocycles. The quantitative estimate of drug-likeness (QED) is 0.585. The molecular weight excluding hydrogens is 244 g/mol. The second-order valence-electron chi connectivity index (χ2n) is 5.52. The molecule has 104 valence electrons. The van der Waals surface area contributed by atoms with Gasteiger partial charge in [0.05, 0.1) is 13.2 Å². The van der Waals surface area contributed by atoms with E-state index in [0.717, 1.165) is 44.2 Å². The van der Waals surface area contributed by atoms with Crippen molar-refractivity contribution in [1.82, 2.24) is 0 Å². The molecule has 0 amide bonds. The average Bonchev–Trinajstić information content (AvgIpc) is 3.10. The lowest BCUT2D eigenvalue weighted by Gasteiger charge is -2.16. The Labute approximate surface area is 113 Å². The lowest BCUT2D eigenvalue weighted by molar-refractivity contribution is -0.0431. The van der Waals surface area contributed by atoms with Crippen LogP contribution >= 0.6 is 0 Å². The molecule has 19 heavy (non-hydrogen) atoms. The molecule has 1 saturated heterocycles. The van der Waals surface area contributed by atoms with E-state index in [1.54, 1.807) is 0 Å². The van der Waals surface area contributed by atoms with E-state index in [0.29, 0.717) is 6.10 Å². The van der Waals surface area contributed by atoms with Gasteiger partial charge >= 0.3 is 0 Å². The monoisotopic (exact) mass is 264 g/mol. The third-order valence-corrected chi connectivity index (χ3v) is 3.18. The first-order valence-corrected chi connectivity index (χ1v) is 6.83. The van der Waals surface area contributed by atoms with Crippen molar-refractivity contribution in [3.05, 3.63) is 23.8 Å². The van der Waals surface area contributed by atoms with Crippen molar-refractivity contribution in [1.29, 1.82) is 0 Å². The van der Waals surface area contributed by atoms with Crippen LogP contribution in [0.3, 0.4) is 0 Å². The topological polar surface area (TPSA) is 40.2 Å². The van der Waals surface area contributed by atoms with E-state index in [1.807, 2.05) is 19.9 Å². The van der Waals surface area contributed by atoms with Crippen molar-refractivity contribution in [3.63, 3.8) is 0 Å². The Kier molecular flexibility index (Phi) is 3.37. The SMILES string of the molecule is CC1(C)Oc2ccc(CCCOCC3CO3)cc2O1. The van der Waals surface area contributed by atoms with Crippen LogP contribution in [0.4, 0.5) is 0 Å². The number of hydrogen-bond donors (Lipinski definition) is 0. The lowest BCUT2D eigenvalue weighted by Crippen LogP contribution is -2.29. The number of benzene rings is 1. The van der Waals surface area contributed by atoms with Crippen LogP contribution in [-0.4, -0.2) is 31.7 Å². The van der Waals surface area contributed by atoms with Crippen molar-refractivity contribution in [2.75, 3.05) is 19.8 Å². The van der Waals surface area contributed by atoms with E-state index in [2.05, 4.69) is 12.1 Å². The second kappa shape index (κ2) is 5.02. The second-order valence-corrected chi connectivity index (χ2v) is 5.52. The van der Waals surface area contributed by atoms with Crippen LogP contribution in [0.5, 0.6) is 11.5 Å². The number of ether oxygens (including phenoxy) is 4. The highest BCUT2D eigenvalue weighted by atomic mass is 16.7. The molecule has 2 aliphatic heterocycles. The summed E-state index contributed by atoms with van der Waals surface area (Å²) in [5.74, 6) is 1.12. The maximum Gasteiger partial charge on any atom is 0.246 e. The molecule has 0 aliphatic carbocycles. The highest BCUT2D eigenvalue weighted by Gasteiger charge is 2.31. The average molecular weight is 264 g/mol. The third-order valence-electron chi connectivity index (χ3n) is 3.18. The molecule has 0 N–H and O–H groups in total. The van der Waals surface area contributed by atoms with Gasteiger partial charge in [0.1, 0.15) is 6.10 Å². The summed E-state index contributed by atoms with van der Waals surface area (Å²) in [6.45, 7) is 6.20. The minimum Gasteiger partial charge on any atom is -0.449 e. The summed E-state index contributed by atoms with van der Waals surface area (Å²) in [5.41, 5.74) is 1.26. The summed E-state index contributed by atoms with van der Waals surface area (Å²) in [4.78, 5) is 0. The van der Waals surface area contributed by atoms with Gasteiger partial charge in [0.25, 0.3) is 0 Å². The van der Waals surface area contributed by atoms with Gasteiger partial charge in [0.2, 0.25) is 5.79 Å². The van der Waals surface area contributed by atoms with Crippen LogP contribution in [0.25, 0.3) is 0 Å². The predicted molar refractivity (Wildman–Crippen MR) is 70.7 cm³/mol. The van der Waals surface area contributed by atoms with Gasteiger partial charge in [0, 0.05) is 20.5 Å². The Hall–Kier alpha value is -1.26. The zero-order chi connectivity index (χ0) is 13.3. The molecule has 0 radical (unpaired) electrons. The zero-order valence-corrected chi connectivity index (χ0v) is 11.5. The predicted octanol–water partition coefficient (Wildman–Crippen LogP) is 2.54. The minimum absolute atomic E-state index is 0.354. The van der Waals surface area contributed by atoms with E-state index in [1.165, 1.54) is 5.56 Å². The Morgan fingerprint density at radius 2 is 2.05 bits per heavy atom. The largest absolute Gasteiger partial charge is 0.449 e. The summed E-state index contributed by atoms with van der Waals surface area (Å²) in [7, 11) is 0. The highest BCUT2D eigenvalue weighted by Crippen LogP contribution is 2.39. The number of aryl methyl sites for hydroxylation is 1. The molecule has 1 aromatic rings. The lowest BCUT2D eigenvalue weighted by atomic mass is 10.1. The highest BCUT2D eigenvalue weighted by molar-refractivity contribution is 5.45. The molecule has 2 aliphatic rings. The molecule has 1 fully saturated rings. The first kappa shape index (κ1) is 12.8. The summed E-state index contributed by atoms with van der Waals surface area (Å²) < 4.78 is 22.0. The Morgan fingerprint density at radius 1 is 1.26 bits per heavy atom. The maximum absolute atomic E-state index is 5.73. The van der Waals surface area contributed by atoms with Crippen LogP contribution in [-0.2, 0) is 15.9 Å². The molecule has 4 heteroatoms. The fourth-order valence-corrected chi connectivity index (χ4v) is 2.18. The van der Waals surface area contributed by atoms with Gasteiger partial charge in [-0.2, -0.15) is 0 Å². The number of fused-ring (bicyclic) bond motifs is 1. The molecular formula is C15H20O4. The molecule has 0 bridgehead atoms. The van der Waals surface area contributed by atoms with Gasteiger partial charge in [0.15, 0.2) is 11.5 Å². The van der Waals surface area contributed by atoms with Gasteiger partial charge in [-0.15, -0.1) is 0 Å². The van der Waals surface area contributed by atoms with Gasteiger partial charge in [-0.25, -0.2) is 0 Å². The van der Waals surface area contributed by atoms with Crippen molar-refractivity contribution in [2.24, 2.45) is 0 Å². The van der Waals surface area contributed by atoms with Crippen LogP contribution in [0.15, 0.2) is 18.2 Å². The number of epoxide rings is 1. The van der Waals surface area contributed by atoms with E-state index < -0.39 is 5.79 Å². The Morgan fingerprint density at radius 3 is 2.84 bits per heavy atom. The van der Waals surface area contributed by atoms with Crippen LogP contribution < -0.4 is 9.47 Å². The van der Waals surface area contributed by atoms with E-state index in [9.17, 15) is 0 Å². The van der Waals surface area contributed by atoms with Gasteiger partial charge in [-0.3, -0.25) is 0 Å². The Bertz CT molecular complexity index is 451.